The van der Waals surface area contributed by atoms with E-state index >= 15 is 0 Å². The quantitative estimate of drug-likeness (QED) is 0.719. The lowest BCUT2D eigenvalue weighted by molar-refractivity contribution is -0.145. The van der Waals surface area contributed by atoms with E-state index in [1.807, 2.05) is 0 Å². The van der Waals surface area contributed by atoms with Crippen molar-refractivity contribution >= 4 is 15.4 Å². The first kappa shape index (κ1) is 15.5. The smallest absolute Gasteiger partial charge is 0.296 e. The summed E-state index contributed by atoms with van der Waals surface area (Å²) in [6, 6.07) is 5.93. The molecule has 3 rings (SSSR count). The minimum atomic E-state index is -4.57. The number of sulfone groups is 1. The predicted molar refractivity (Wildman–Crippen MR) is 76.5 cm³/mol. The van der Waals surface area contributed by atoms with E-state index in [0.29, 0.717) is 16.6 Å². The van der Waals surface area contributed by atoms with E-state index in [9.17, 15) is 21.6 Å². The zero-order chi connectivity index (χ0) is 16.8. The SMILES string of the molecule is CS(=O)(=O)c1ccc(-c2ccc3cnc(C(F)(F)F)n3c2)cn1. The lowest BCUT2D eigenvalue weighted by atomic mass is 10.1. The van der Waals surface area contributed by atoms with Crippen LogP contribution in [0.4, 0.5) is 13.2 Å². The van der Waals surface area contributed by atoms with Gasteiger partial charge < -0.3 is 0 Å². The third-order valence-corrected chi connectivity index (χ3v) is 4.23. The molecule has 0 N–H and O–H groups in total. The first-order valence-corrected chi connectivity index (χ1v) is 8.26. The number of aromatic nitrogens is 3. The summed E-state index contributed by atoms with van der Waals surface area (Å²) in [5, 5.41) is -0.0964. The highest BCUT2D eigenvalue weighted by molar-refractivity contribution is 7.90. The third kappa shape index (κ3) is 2.91. The Bertz CT molecular complexity index is 977. The maximum atomic E-state index is 12.9. The lowest BCUT2D eigenvalue weighted by Gasteiger charge is -2.08. The van der Waals surface area contributed by atoms with Gasteiger partial charge in [-0.2, -0.15) is 13.2 Å². The number of hydrogen-bond donors (Lipinski definition) is 0. The first-order valence-electron chi connectivity index (χ1n) is 6.37. The van der Waals surface area contributed by atoms with Crippen molar-refractivity contribution in [3.8, 4) is 11.1 Å². The fraction of sp³-hybridized carbons (Fsp3) is 0.143. The van der Waals surface area contributed by atoms with Gasteiger partial charge in [-0.3, -0.25) is 4.40 Å². The first-order chi connectivity index (χ1) is 10.7. The van der Waals surface area contributed by atoms with Crippen LogP contribution in [0.5, 0.6) is 0 Å². The molecule has 0 aliphatic carbocycles. The standard InChI is InChI=1S/C14H10F3N3O2S/c1-23(21,22)12-5-3-9(6-18-12)10-2-4-11-7-19-13(14(15,16)17)20(11)8-10/h2-8H,1H3. The fourth-order valence-corrected chi connectivity index (χ4v) is 2.70. The van der Waals surface area contributed by atoms with Crippen LogP contribution in [0.2, 0.25) is 0 Å². The summed E-state index contributed by atoms with van der Waals surface area (Å²) in [6.45, 7) is 0. The van der Waals surface area contributed by atoms with E-state index in [2.05, 4.69) is 9.97 Å². The van der Waals surface area contributed by atoms with Gasteiger partial charge in [-0.05, 0) is 23.8 Å². The van der Waals surface area contributed by atoms with Crippen LogP contribution in [0.15, 0.2) is 47.9 Å². The van der Waals surface area contributed by atoms with E-state index < -0.39 is 21.8 Å². The van der Waals surface area contributed by atoms with Crippen LogP contribution in [0.25, 0.3) is 16.6 Å². The number of alkyl halides is 3. The van der Waals surface area contributed by atoms with Crippen LogP contribution in [0.3, 0.4) is 0 Å². The summed E-state index contributed by atoms with van der Waals surface area (Å²) in [4.78, 5) is 7.22. The summed E-state index contributed by atoms with van der Waals surface area (Å²) in [5.41, 5.74) is 1.27. The molecule has 0 fully saturated rings. The molecule has 0 spiro atoms. The Kier molecular flexibility index (Phi) is 3.40. The topological polar surface area (TPSA) is 64.3 Å². The van der Waals surface area contributed by atoms with E-state index in [1.54, 1.807) is 6.07 Å². The Morgan fingerprint density at radius 1 is 1.00 bits per heavy atom. The molecule has 3 heterocycles. The van der Waals surface area contributed by atoms with Gasteiger partial charge in [0.25, 0.3) is 0 Å². The van der Waals surface area contributed by atoms with Gasteiger partial charge in [0.2, 0.25) is 5.82 Å². The molecule has 0 saturated carbocycles. The number of rotatable bonds is 2. The van der Waals surface area contributed by atoms with Crippen molar-refractivity contribution in [1.82, 2.24) is 14.4 Å². The van der Waals surface area contributed by atoms with Gasteiger partial charge in [0, 0.05) is 24.2 Å². The number of nitrogens with zero attached hydrogens (tertiary/aromatic N) is 3. The van der Waals surface area contributed by atoms with Gasteiger partial charge >= 0.3 is 6.18 Å². The van der Waals surface area contributed by atoms with Crippen molar-refractivity contribution in [2.24, 2.45) is 0 Å². The van der Waals surface area contributed by atoms with Crippen molar-refractivity contribution in [1.29, 1.82) is 0 Å². The average molecular weight is 341 g/mol. The van der Waals surface area contributed by atoms with Crippen LogP contribution < -0.4 is 0 Å². The highest BCUT2D eigenvalue weighted by Gasteiger charge is 2.35. The fourth-order valence-electron chi connectivity index (χ4n) is 2.14. The minimum absolute atomic E-state index is 0.0964. The maximum absolute atomic E-state index is 12.9. The molecule has 0 atom stereocenters. The molecule has 23 heavy (non-hydrogen) atoms. The highest BCUT2D eigenvalue weighted by Crippen LogP contribution is 2.30. The Morgan fingerprint density at radius 3 is 2.26 bits per heavy atom. The number of hydrogen-bond acceptors (Lipinski definition) is 4. The lowest BCUT2D eigenvalue weighted by Crippen LogP contribution is -2.10. The predicted octanol–water partition coefficient (Wildman–Crippen LogP) is 2.82. The molecule has 0 saturated heterocycles. The molecule has 5 nitrogen and oxygen atoms in total. The van der Waals surface area contributed by atoms with Crippen LogP contribution in [0.1, 0.15) is 5.82 Å². The van der Waals surface area contributed by atoms with E-state index in [-0.39, 0.29) is 5.03 Å². The minimum Gasteiger partial charge on any atom is -0.296 e. The Labute approximate surface area is 129 Å². The molecule has 3 aromatic heterocycles. The Balaban J connectivity index is 2.10. The number of halogens is 3. The molecule has 120 valence electrons. The largest absolute Gasteiger partial charge is 0.450 e. The summed E-state index contributed by atoms with van der Waals surface area (Å²) in [6.07, 6.45) is 0.202. The van der Waals surface area contributed by atoms with Crippen LogP contribution in [0, 0.1) is 0 Å². The van der Waals surface area contributed by atoms with Crippen molar-refractivity contribution in [2.45, 2.75) is 11.2 Å². The van der Waals surface area contributed by atoms with Gasteiger partial charge in [-0.25, -0.2) is 18.4 Å². The highest BCUT2D eigenvalue weighted by atomic mass is 32.2. The Hall–Kier alpha value is -2.42. The summed E-state index contributed by atoms with van der Waals surface area (Å²) >= 11 is 0. The number of fused-ring (bicyclic) bond motifs is 1. The second-order valence-electron chi connectivity index (χ2n) is 4.95. The van der Waals surface area contributed by atoms with Crippen LogP contribution >= 0.6 is 0 Å². The van der Waals surface area contributed by atoms with E-state index in [0.717, 1.165) is 16.9 Å². The van der Waals surface area contributed by atoms with Crippen molar-refractivity contribution in [3.05, 3.63) is 48.7 Å². The molecule has 0 aliphatic rings. The number of pyridine rings is 2. The van der Waals surface area contributed by atoms with Crippen molar-refractivity contribution < 1.29 is 21.6 Å². The van der Waals surface area contributed by atoms with Crippen molar-refractivity contribution in [2.75, 3.05) is 6.26 Å². The molecule has 0 aromatic carbocycles. The van der Waals surface area contributed by atoms with Gasteiger partial charge in [0.05, 0.1) is 11.7 Å². The van der Waals surface area contributed by atoms with Gasteiger partial charge in [-0.1, -0.05) is 6.07 Å². The van der Waals surface area contributed by atoms with Crippen LogP contribution in [-0.2, 0) is 16.0 Å². The summed E-state index contributed by atoms with van der Waals surface area (Å²) < 4.78 is 62.4. The molecule has 0 amide bonds. The maximum Gasteiger partial charge on any atom is 0.450 e. The van der Waals surface area contributed by atoms with E-state index in [1.165, 1.54) is 30.6 Å². The van der Waals surface area contributed by atoms with Gasteiger partial charge in [0.15, 0.2) is 14.9 Å². The monoisotopic (exact) mass is 341 g/mol. The zero-order valence-corrected chi connectivity index (χ0v) is 12.6. The molecule has 0 unspecified atom stereocenters. The normalized spacial score (nSPS) is 12.7. The average Bonchev–Trinajstić information content (AvgIpc) is 2.89. The molecule has 0 radical (unpaired) electrons. The summed E-state index contributed by atoms with van der Waals surface area (Å²) in [7, 11) is -3.43. The zero-order valence-electron chi connectivity index (χ0n) is 11.7. The molecule has 0 bridgehead atoms. The molecular formula is C14H10F3N3O2S. The summed E-state index contributed by atoms with van der Waals surface area (Å²) in [5.74, 6) is -1.02. The molecular weight excluding hydrogens is 331 g/mol. The van der Waals surface area contributed by atoms with Gasteiger partial charge in [0.1, 0.15) is 0 Å². The molecule has 0 aliphatic heterocycles. The van der Waals surface area contributed by atoms with E-state index in [4.69, 9.17) is 0 Å². The second-order valence-corrected chi connectivity index (χ2v) is 6.91. The Morgan fingerprint density at radius 2 is 1.70 bits per heavy atom. The number of imidazole rings is 1. The molecule has 9 heteroatoms. The van der Waals surface area contributed by atoms with Gasteiger partial charge in [-0.15, -0.1) is 0 Å². The van der Waals surface area contributed by atoms with Crippen molar-refractivity contribution in [3.63, 3.8) is 0 Å². The third-order valence-electron chi connectivity index (χ3n) is 3.23. The molecule has 3 aromatic rings. The van der Waals surface area contributed by atoms with Crippen LogP contribution in [-0.4, -0.2) is 29.0 Å². The second kappa shape index (κ2) is 5.05.